The molecule has 3 nitrogen and oxygen atoms in total. The Hall–Kier alpha value is -0.750. The molecule has 18 heavy (non-hydrogen) atoms. The maximum absolute atomic E-state index is 13.0. The van der Waals surface area contributed by atoms with E-state index in [9.17, 15) is 8.78 Å². The third kappa shape index (κ3) is 3.88. The van der Waals surface area contributed by atoms with Crippen molar-refractivity contribution < 1.29 is 13.5 Å². The van der Waals surface area contributed by atoms with Gasteiger partial charge >= 0.3 is 0 Å². The van der Waals surface area contributed by atoms with Gasteiger partial charge in [-0.2, -0.15) is 0 Å². The van der Waals surface area contributed by atoms with Crippen LogP contribution in [0.2, 0.25) is 0 Å². The van der Waals surface area contributed by atoms with Crippen LogP contribution in [0.4, 0.5) is 8.78 Å². The van der Waals surface area contributed by atoms with Crippen LogP contribution in [0.5, 0.6) is 0 Å². The smallest absolute Gasteiger partial charge is 0.159 e. The number of benzene rings is 1. The second-order valence-electron chi connectivity index (χ2n) is 4.21. The number of rotatable bonds is 3. The van der Waals surface area contributed by atoms with Crippen LogP contribution in [-0.4, -0.2) is 37.2 Å². The average Bonchev–Trinajstić information content (AvgIpc) is 2.34. The van der Waals surface area contributed by atoms with Gasteiger partial charge in [0.05, 0.1) is 12.7 Å². The first-order valence-corrected chi connectivity index (χ1v) is 5.67. The molecule has 1 unspecified atom stereocenters. The molecule has 1 aliphatic rings. The molecule has 1 aromatic rings. The molecule has 6 heteroatoms. The number of hydrogen-bond acceptors (Lipinski definition) is 3. The largest absolute Gasteiger partial charge is 0.374 e. The van der Waals surface area contributed by atoms with Crippen LogP contribution in [0.25, 0.3) is 0 Å². The van der Waals surface area contributed by atoms with Gasteiger partial charge in [-0.1, -0.05) is 6.07 Å². The van der Waals surface area contributed by atoms with Gasteiger partial charge in [-0.3, -0.25) is 4.90 Å². The van der Waals surface area contributed by atoms with Gasteiger partial charge in [-0.05, 0) is 17.7 Å². The van der Waals surface area contributed by atoms with Gasteiger partial charge in [0, 0.05) is 26.2 Å². The zero-order valence-corrected chi connectivity index (χ0v) is 10.8. The molecular formula is C12H17ClF2N2O. The first-order chi connectivity index (χ1) is 8.19. The molecule has 1 aromatic carbocycles. The Kier molecular flexibility index (Phi) is 5.95. The van der Waals surface area contributed by atoms with E-state index in [4.69, 9.17) is 10.5 Å². The van der Waals surface area contributed by atoms with E-state index in [1.54, 1.807) is 6.07 Å². The van der Waals surface area contributed by atoms with Crippen molar-refractivity contribution in [1.82, 2.24) is 4.90 Å². The van der Waals surface area contributed by atoms with E-state index in [0.717, 1.165) is 24.7 Å². The van der Waals surface area contributed by atoms with Crippen molar-refractivity contribution in [2.24, 2.45) is 5.73 Å². The Morgan fingerprint density at radius 3 is 2.78 bits per heavy atom. The number of nitrogens with zero attached hydrogens (tertiary/aromatic N) is 1. The van der Waals surface area contributed by atoms with Gasteiger partial charge in [-0.25, -0.2) is 8.78 Å². The van der Waals surface area contributed by atoms with Crippen LogP contribution in [0.15, 0.2) is 18.2 Å². The van der Waals surface area contributed by atoms with E-state index >= 15 is 0 Å². The summed E-state index contributed by atoms with van der Waals surface area (Å²) < 4.78 is 31.2. The van der Waals surface area contributed by atoms with Crippen LogP contribution < -0.4 is 5.73 Å². The highest BCUT2D eigenvalue weighted by Gasteiger charge is 2.19. The fourth-order valence-electron chi connectivity index (χ4n) is 1.96. The standard InChI is InChI=1S/C12H16F2N2O.ClH/c13-11-2-1-9(5-12(11)14)7-16-3-4-17-10(6-15)8-16;/h1-2,5,10H,3-4,6-8,15H2;1H. The summed E-state index contributed by atoms with van der Waals surface area (Å²) in [5, 5.41) is 0. The first-order valence-electron chi connectivity index (χ1n) is 5.67. The third-order valence-electron chi connectivity index (χ3n) is 2.88. The van der Waals surface area contributed by atoms with Crippen LogP contribution >= 0.6 is 12.4 Å². The van der Waals surface area contributed by atoms with E-state index < -0.39 is 11.6 Å². The lowest BCUT2D eigenvalue weighted by atomic mass is 10.2. The number of nitrogens with two attached hydrogens (primary N) is 1. The molecular weight excluding hydrogens is 262 g/mol. The quantitative estimate of drug-likeness (QED) is 0.912. The molecule has 1 heterocycles. The average molecular weight is 279 g/mol. The Balaban J connectivity index is 0.00000162. The van der Waals surface area contributed by atoms with E-state index in [1.807, 2.05) is 0 Å². The van der Waals surface area contributed by atoms with Gasteiger partial charge < -0.3 is 10.5 Å². The molecule has 1 atom stereocenters. The van der Waals surface area contributed by atoms with E-state index in [-0.39, 0.29) is 18.5 Å². The molecule has 1 fully saturated rings. The summed E-state index contributed by atoms with van der Waals surface area (Å²) >= 11 is 0. The van der Waals surface area contributed by atoms with Gasteiger partial charge in [0.1, 0.15) is 0 Å². The molecule has 1 aliphatic heterocycles. The lowest BCUT2D eigenvalue weighted by Crippen LogP contribution is -2.45. The fourth-order valence-corrected chi connectivity index (χ4v) is 1.96. The number of hydrogen-bond donors (Lipinski definition) is 1. The Morgan fingerprint density at radius 2 is 2.11 bits per heavy atom. The number of halogens is 3. The van der Waals surface area contributed by atoms with Gasteiger partial charge in [0.2, 0.25) is 0 Å². The van der Waals surface area contributed by atoms with Crippen molar-refractivity contribution in [2.45, 2.75) is 12.6 Å². The van der Waals surface area contributed by atoms with E-state index in [0.29, 0.717) is 19.7 Å². The number of morpholine rings is 1. The zero-order valence-electron chi connectivity index (χ0n) is 9.94. The van der Waals surface area contributed by atoms with Crippen molar-refractivity contribution in [2.75, 3.05) is 26.2 Å². The minimum atomic E-state index is -0.810. The van der Waals surface area contributed by atoms with Crippen molar-refractivity contribution >= 4 is 12.4 Å². The minimum absolute atomic E-state index is 0. The third-order valence-corrected chi connectivity index (χ3v) is 2.88. The highest BCUT2D eigenvalue weighted by atomic mass is 35.5. The zero-order chi connectivity index (χ0) is 12.3. The molecule has 0 aliphatic carbocycles. The predicted molar refractivity (Wildman–Crippen MR) is 67.7 cm³/mol. The maximum atomic E-state index is 13.0. The second kappa shape index (κ2) is 6.99. The van der Waals surface area contributed by atoms with Crippen molar-refractivity contribution in [3.8, 4) is 0 Å². The molecule has 0 amide bonds. The van der Waals surface area contributed by atoms with Crippen molar-refractivity contribution in [1.29, 1.82) is 0 Å². The summed E-state index contributed by atoms with van der Waals surface area (Å²) in [6.45, 7) is 3.22. The summed E-state index contributed by atoms with van der Waals surface area (Å²) in [7, 11) is 0. The second-order valence-corrected chi connectivity index (χ2v) is 4.21. The summed E-state index contributed by atoms with van der Waals surface area (Å²) in [5.41, 5.74) is 6.31. The monoisotopic (exact) mass is 278 g/mol. The minimum Gasteiger partial charge on any atom is -0.374 e. The maximum Gasteiger partial charge on any atom is 0.159 e. The van der Waals surface area contributed by atoms with Crippen molar-refractivity contribution in [3.05, 3.63) is 35.4 Å². The Labute approximate surface area is 111 Å². The Morgan fingerprint density at radius 1 is 1.33 bits per heavy atom. The van der Waals surface area contributed by atoms with Gasteiger partial charge in [0.25, 0.3) is 0 Å². The van der Waals surface area contributed by atoms with Crippen LogP contribution in [0.3, 0.4) is 0 Å². The van der Waals surface area contributed by atoms with Gasteiger partial charge in [0.15, 0.2) is 11.6 Å². The van der Waals surface area contributed by atoms with Crippen LogP contribution in [-0.2, 0) is 11.3 Å². The van der Waals surface area contributed by atoms with Gasteiger partial charge in [-0.15, -0.1) is 12.4 Å². The van der Waals surface area contributed by atoms with E-state index in [2.05, 4.69) is 4.90 Å². The van der Waals surface area contributed by atoms with Crippen LogP contribution in [0, 0.1) is 11.6 Å². The normalized spacial score (nSPS) is 20.5. The Bertz CT molecular complexity index is 392. The molecule has 1 saturated heterocycles. The summed E-state index contributed by atoms with van der Waals surface area (Å²) in [4.78, 5) is 2.13. The topological polar surface area (TPSA) is 38.5 Å². The highest BCUT2D eigenvalue weighted by Crippen LogP contribution is 2.13. The molecule has 0 radical (unpaired) electrons. The molecule has 0 aromatic heterocycles. The fraction of sp³-hybridized carbons (Fsp3) is 0.500. The molecule has 0 bridgehead atoms. The SMILES string of the molecule is Cl.NCC1CN(Cc2ccc(F)c(F)c2)CCO1. The number of ether oxygens (including phenoxy) is 1. The molecule has 2 rings (SSSR count). The first kappa shape index (κ1) is 15.3. The lowest BCUT2D eigenvalue weighted by molar-refractivity contribution is -0.0260. The van der Waals surface area contributed by atoms with E-state index in [1.165, 1.54) is 6.07 Å². The van der Waals surface area contributed by atoms with Crippen LogP contribution in [0.1, 0.15) is 5.56 Å². The molecule has 102 valence electrons. The summed E-state index contributed by atoms with van der Waals surface area (Å²) in [5.74, 6) is -1.61. The lowest BCUT2D eigenvalue weighted by Gasteiger charge is -2.32. The highest BCUT2D eigenvalue weighted by molar-refractivity contribution is 5.85. The molecule has 0 spiro atoms. The van der Waals surface area contributed by atoms with Crippen molar-refractivity contribution in [3.63, 3.8) is 0 Å². The molecule has 2 N–H and O–H groups in total. The molecule has 0 saturated carbocycles. The summed E-state index contributed by atoms with van der Waals surface area (Å²) in [6, 6.07) is 4.00. The summed E-state index contributed by atoms with van der Waals surface area (Å²) in [6.07, 6.45) is 0.0362. The predicted octanol–water partition coefficient (Wildman–Crippen LogP) is 1.55.